The molecule has 0 atom stereocenters. The van der Waals surface area contributed by atoms with Crippen LogP contribution in [-0.4, -0.2) is 66.7 Å². The summed E-state index contributed by atoms with van der Waals surface area (Å²) in [5.74, 6) is 1.89. The second kappa shape index (κ2) is 11.9. The van der Waals surface area contributed by atoms with E-state index in [0.29, 0.717) is 0 Å². The van der Waals surface area contributed by atoms with Gasteiger partial charge >= 0.3 is 0 Å². The Morgan fingerprint density at radius 2 is 1.89 bits per heavy atom. The van der Waals surface area contributed by atoms with Crippen molar-refractivity contribution in [1.82, 2.24) is 25.1 Å². The van der Waals surface area contributed by atoms with E-state index in [2.05, 4.69) is 66.4 Å². The SMILES string of the molecule is CCN1CCN(c2cc(CNC(=NC)NCCn3cccc3)ccn2)CC1.I. The maximum atomic E-state index is 4.57. The van der Waals surface area contributed by atoms with Gasteiger partial charge in [-0.05, 0) is 36.4 Å². The number of piperazine rings is 1. The number of nitrogens with one attached hydrogen (secondary N) is 2. The minimum Gasteiger partial charge on any atom is -0.355 e. The number of anilines is 1. The lowest BCUT2D eigenvalue weighted by atomic mass is 10.2. The molecule has 1 fully saturated rings. The maximum absolute atomic E-state index is 4.57. The molecule has 0 amide bonds. The molecule has 1 aliphatic rings. The summed E-state index contributed by atoms with van der Waals surface area (Å²) in [4.78, 5) is 13.7. The van der Waals surface area contributed by atoms with Gasteiger partial charge in [0.15, 0.2) is 5.96 Å². The Morgan fingerprint density at radius 1 is 1.14 bits per heavy atom. The van der Waals surface area contributed by atoms with Crippen molar-refractivity contribution in [3.8, 4) is 0 Å². The monoisotopic (exact) mass is 497 g/mol. The van der Waals surface area contributed by atoms with E-state index < -0.39 is 0 Å². The van der Waals surface area contributed by atoms with Crippen molar-refractivity contribution in [3.63, 3.8) is 0 Å². The Bertz CT molecular complexity index is 709. The lowest BCUT2D eigenvalue weighted by Gasteiger charge is -2.34. The summed E-state index contributed by atoms with van der Waals surface area (Å²) >= 11 is 0. The molecule has 0 bridgehead atoms. The fraction of sp³-hybridized carbons (Fsp3) is 0.500. The average molecular weight is 497 g/mol. The van der Waals surface area contributed by atoms with Crippen LogP contribution in [-0.2, 0) is 13.1 Å². The Morgan fingerprint density at radius 3 is 2.57 bits per heavy atom. The Labute approximate surface area is 185 Å². The van der Waals surface area contributed by atoms with E-state index in [9.17, 15) is 0 Å². The van der Waals surface area contributed by atoms with Gasteiger partial charge in [-0.1, -0.05) is 6.92 Å². The summed E-state index contributed by atoms with van der Waals surface area (Å²) in [6.07, 6.45) is 6.04. The van der Waals surface area contributed by atoms with Crippen molar-refractivity contribution in [2.24, 2.45) is 4.99 Å². The maximum Gasteiger partial charge on any atom is 0.191 e. The Kier molecular flexibility index (Phi) is 9.56. The number of rotatable bonds is 7. The number of aromatic nitrogens is 2. The summed E-state index contributed by atoms with van der Waals surface area (Å²) in [6.45, 7) is 10.1. The first-order chi connectivity index (χ1) is 13.3. The molecule has 3 heterocycles. The van der Waals surface area contributed by atoms with Crippen LogP contribution in [0.2, 0.25) is 0 Å². The quantitative estimate of drug-likeness (QED) is 0.348. The first-order valence-electron chi connectivity index (χ1n) is 9.76. The van der Waals surface area contributed by atoms with Crippen molar-refractivity contribution < 1.29 is 0 Å². The normalized spacial score (nSPS) is 15.2. The molecule has 3 rings (SSSR count). The van der Waals surface area contributed by atoms with E-state index in [0.717, 1.165) is 64.1 Å². The van der Waals surface area contributed by atoms with E-state index in [-0.39, 0.29) is 24.0 Å². The standard InChI is InChI=1S/C20H31N7.HI/c1-3-25-12-14-27(15-13-25)19-16-18(6-7-22-19)17-24-20(21-2)23-8-11-26-9-4-5-10-26;/h4-7,9-10,16H,3,8,11-15,17H2,1-2H3,(H2,21,23,24);1H. The summed E-state index contributed by atoms with van der Waals surface area (Å²) in [5.41, 5.74) is 1.21. The Balaban J connectivity index is 0.00000280. The van der Waals surface area contributed by atoms with Crippen LogP contribution >= 0.6 is 24.0 Å². The number of nitrogens with zero attached hydrogens (tertiary/aromatic N) is 5. The second-order valence-corrected chi connectivity index (χ2v) is 6.72. The predicted molar refractivity (Wildman–Crippen MR) is 127 cm³/mol. The van der Waals surface area contributed by atoms with Crippen LogP contribution in [0.4, 0.5) is 5.82 Å². The third-order valence-electron chi connectivity index (χ3n) is 4.97. The highest BCUT2D eigenvalue weighted by molar-refractivity contribution is 14.0. The molecule has 0 aromatic carbocycles. The van der Waals surface area contributed by atoms with E-state index in [1.807, 2.05) is 18.3 Å². The van der Waals surface area contributed by atoms with Gasteiger partial charge in [-0.3, -0.25) is 4.99 Å². The summed E-state index contributed by atoms with van der Waals surface area (Å²) in [6, 6.07) is 8.32. The number of hydrogen-bond donors (Lipinski definition) is 2. The lowest BCUT2D eigenvalue weighted by Crippen LogP contribution is -2.46. The highest BCUT2D eigenvalue weighted by Gasteiger charge is 2.16. The van der Waals surface area contributed by atoms with Crippen molar-refractivity contribution >= 4 is 35.8 Å². The fourth-order valence-electron chi connectivity index (χ4n) is 3.27. The molecule has 7 nitrogen and oxygen atoms in total. The number of aliphatic imine (C=N–C) groups is 1. The van der Waals surface area contributed by atoms with Gasteiger partial charge in [0.05, 0.1) is 0 Å². The molecular formula is C20H32IN7. The number of pyridine rings is 1. The predicted octanol–water partition coefficient (Wildman–Crippen LogP) is 2.01. The van der Waals surface area contributed by atoms with Gasteiger partial charge in [0.2, 0.25) is 0 Å². The number of likely N-dealkylation sites (N-methyl/N-ethyl adjacent to an activating group) is 1. The third-order valence-corrected chi connectivity index (χ3v) is 4.97. The number of guanidine groups is 1. The summed E-state index contributed by atoms with van der Waals surface area (Å²) in [5, 5.41) is 6.74. The first kappa shape index (κ1) is 22.5. The van der Waals surface area contributed by atoms with Crippen LogP contribution < -0.4 is 15.5 Å². The summed E-state index contributed by atoms with van der Waals surface area (Å²) in [7, 11) is 1.80. The van der Waals surface area contributed by atoms with E-state index >= 15 is 0 Å². The smallest absolute Gasteiger partial charge is 0.191 e. The zero-order chi connectivity index (χ0) is 18.9. The van der Waals surface area contributed by atoms with E-state index in [1.54, 1.807) is 7.05 Å². The Hall–Kier alpha value is -1.81. The molecule has 1 saturated heterocycles. The van der Waals surface area contributed by atoms with Crippen molar-refractivity contribution in [3.05, 3.63) is 48.4 Å². The van der Waals surface area contributed by atoms with Gasteiger partial charge in [0, 0.05) is 71.5 Å². The van der Waals surface area contributed by atoms with Gasteiger partial charge in [-0.15, -0.1) is 24.0 Å². The minimum atomic E-state index is 0. The van der Waals surface area contributed by atoms with Gasteiger partial charge < -0.3 is 25.0 Å². The zero-order valence-corrected chi connectivity index (χ0v) is 19.2. The van der Waals surface area contributed by atoms with Crippen molar-refractivity contribution in [2.75, 3.05) is 51.2 Å². The number of hydrogen-bond acceptors (Lipinski definition) is 4. The molecule has 0 unspecified atom stereocenters. The topological polar surface area (TPSA) is 60.7 Å². The minimum absolute atomic E-state index is 0. The van der Waals surface area contributed by atoms with Crippen molar-refractivity contribution in [2.45, 2.75) is 20.0 Å². The summed E-state index contributed by atoms with van der Waals surface area (Å²) < 4.78 is 2.15. The lowest BCUT2D eigenvalue weighted by molar-refractivity contribution is 0.270. The molecule has 0 saturated carbocycles. The largest absolute Gasteiger partial charge is 0.355 e. The first-order valence-corrected chi connectivity index (χ1v) is 9.76. The van der Waals surface area contributed by atoms with Crippen LogP contribution in [0, 0.1) is 0 Å². The van der Waals surface area contributed by atoms with Gasteiger partial charge in [-0.2, -0.15) is 0 Å². The van der Waals surface area contributed by atoms with Crippen LogP contribution in [0.3, 0.4) is 0 Å². The molecule has 2 aromatic rings. The number of halogens is 1. The molecule has 8 heteroatoms. The van der Waals surface area contributed by atoms with E-state index in [4.69, 9.17) is 0 Å². The molecule has 154 valence electrons. The molecular weight excluding hydrogens is 465 g/mol. The molecule has 0 radical (unpaired) electrons. The van der Waals surface area contributed by atoms with Gasteiger partial charge in [0.25, 0.3) is 0 Å². The molecule has 2 aromatic heterocycles. The molecule has 0 spiro atoms. The molecule has 2 N–H and O–H groups in total. The van der Waals surface area contributed by atoms with Crippen molar-refractivity contribution in [1.29, 1.82) is 0 Å². The highest BCUT2D eigenvalue weighted by Crippen LogP contribution is 2.15. The molecule has 28 heavy (non-hydrogen) atoms. The van der Waals surface area contributed by atoms with Crippen LogP contribution in [0.25, 0.3) is 0 Å². The highest BCUT2D eigenvalue weighted by atomic mass is 127. The van der Waals surface area contributed by atoms with Gasteiger partial charge in [-0.25, -0.2) is 4.98 Å². The van der Waals surface area contributed by atoms with Crippen LogP contribution in [0.5, 0.6) is 0 Å². The fourth-order valence-corrected chi connectivity index (χ4v) is 3.27. The molecule has 1 aliphatic heterocycles. The van der Waals surface area contributed by atoms with E-state index in [1.165, 1.54) is 5.56 Å². The van der Waals surface area contributed by atoms with Crippen LogP contribution in [0.1, 0.15) is 12.5 Å². The average Bonchev–Trinajstić information content (AvgIpc) is 3.24. The van der Waals surface area contributed by atoms with Crippen LogP contribution in [0.15, 0.2) is 47.8 Å². The second-order valence-electron chi connectivity index (χ2n) is 6.72. The molecule has 0 aliphatic carbocycles. The third kappa shape index (κ3) is 6.66. The zero-order valence-electron chi connectivity index (χ0n) is 16.8. The van der Waals surface area contributed by atoms with Gasteiger partial charge in [0.1, 0.15) is 5.82 Å².